The van der Waals surface area contributed by atoms with E-state index in [-0.39, 0.29) is 5.54 Å². The molecule has 5 heteroatoms. The molecule has 4 nitrogen and oxygen atoms in total. The predicted octanol–water partition coefficient (Wildman–Crippen LogP) is 3.05. The van der Waals surface area contributed by atoms with Crippen molar-refractivity contribution in [3.8, 4) is 0 Å². The molecule has 0 radical (unpaired) electrons. The van der Waals surface area contributed by atoms with E-state index in [2.05, 4.69) is 10.6 Å². The van der Waals surface area contributed by atoms with Crippen LogP contribution < -0.4 is 10.6 Å². The second kappa shape index (κ2) is 5.62. The van der Waals surface area contributed by atoms with Crippen LogP contribution in [0.2, 0.25) is 5.02 Å². The summed E-state index contributed by atoms with van der Waals surface area (Å²) in [5.41, 5.74) is 0.370. The smallest absolute Gasteiger partial charge is 0.407 e. The Morgan fingerprint density at radius 1 is 1.50 bits per heavy atom. The molecule has 1 heterocycles. The van der Waals surface area contributed by atoms with E-state index in [1.54, 1.807) is 0 Å². The standard InChI is InChI=1S/C15H21ClN2O2/c1-14(2,3)20-13(19)17-10-15(7-8-18-15)11-5-4-6-12(16)9-11/h4-6,9,18H,7-8,10H2,1-3H3,(H,17,19). The molecule has 0 saturated carbocycles. The zero-order chi connectivity index (χ0) is 14.8. The number of alkyl carbamates (subject to hydrolysis) is 1. The first-order valence-corrected chi connectivity index (χ1v) is 7.16. The minimum absolute atomic E-state index is 0.234. The summed E-state index contributed by atoms with van der Waals surface area (Å²) in [5.74, 6) is 0. The lowest BCUT2D eigenvalue weighted by molar-refractivity contribution is 0.0491. The van der Waals surface area contributed by atoms with Crippen molar-refractivity contribution in [1.82, 2.24) is 10.6 Å². The van der Waals surface area contributed by atoms with E-state index < -0.39 is 11.7 Å². The molecule has 0 spiro atoms. The molecule has 0 bridgehead atoms. The van der Waals surface area contributed by atoms with Crippen LogP contribution in [-0.2, 0) is 10.3 Å². The first-order valence-electron chi connectivity index (χ1n) is 6.79. The molecule has 1 fully saturated rings. The third-order valence-electron chi connectivity index (χ3n) is 3.33. The fourth-order valence-electron chi connectivity index (χ4n) is 2.25. The number of amides is 1. The van der Waals surface area contributed by atoms with Crippen molar-refractivity contribution >= 4 is 17.7 Å². The molecule has 2 N–H and O–H groups in total. The van der Waals surface area contributed by atoms with Gasteiger partial charge in [0.1, 0.15) is 5.60 Å². The Morgan fingerprint density at radius 3 is 2.70 bits per heavy atom. The van der Waals surface area contributed by atoms with Gasteiger partial charge in [-0.3, -0.25) is 0 Å². The largest absolute Gasteiger partial charge is 0.444 e. The third kappa shape index (κ3) is 3.64. The normalized spacial score (nSPS) is 22.0. The van der Waals surface area contributed by atoms with E-state index in [9.17, 15) is 4.79 Å². The van der Waals surface area contributed by atoms with E-state index in [0.717, 1.165) is 18.5 Å². The molecule has 1 aromatic carbocycles. The molecule has 110 valence electrons. The number of nitrogens with one attached hydrogen (secondary N) is 2. The summed E-state index contributed by atoms with van der Waals surface area (Å²) in [4.78, 5) is 11.8. The minimum Gasteiger partial charge on any atom is -0.444 e. The summed E-state index contributed by atoms with van der Waals surface area (Å²) < 4.78 is 5.26. The summed E-state index contributed by atoms with van der Waals surface area (Å²) in [6.45, 7) is 6.97. The van der Waals surface area contributed by atoms with E-state index in [1.165, 1.54) is 0 Å². The molecular formula is C15H21ClN2O2. The number of halogens is 1. The molecule has 0 aromatic heterocycles. The van der Waals surface area contributed by atoms with Gasteiger partial charge in [-0.1, -0.05) is 23.7 Å². The van der Waals surface area contributed by atoms with Gasteiger partial charge in [0.2, 0.25) is 0 Å². The number of benzene rings is 1. The van der Waals surface area contributed by atoms with Gasteiger partial charge in [-0.2, -0.15) is 0 Å². The highest BCUT2D eigenvalue weighted by Gasteiger charge is 2.38. The fourth-order valence-corrected chi connectivity index (χ4v) is 2.44. The number of hydrogen-bond donors (Lipinski definition) is 2. The average Bonchev–Trinajstić information content (AvgIpc) is 2.25. The van der Waals surface area contributed by atoms with Gasteiger partial charge >= 0.3 is 6.09 Å². The van der Waals surface area contributed by atoms with Gasteiger partial charge in [0, 0.05) is 11.6 Å². The first kappa shape index (κ1) is 15.1. The monoisotopic (exact) mass is 296 g/mol. The molecular weight excluding hydrogens is 276 g/mol. The SMILES string of the molecule is CC(C)(C)OC(=O)NCC1(c2cccc(Cl)c2)CCN1. The number of carbonyl (C=O) groups excluding carboxylic acids is 1. The predicted molar refractivity (Wildman–Crippen MR) is 80.0 cm³/mol. The maximum atomic E-state index is 11.8. The third-order valence-corrected chi connectivity index (χ3v) is 3.56. The van der Waals surface area contributed by atoms with Gasteiger partial charge in [-0.15, -0.1) is 0 Å². The molecule has 1 aromatic rings. The van der Waals surface area contributed by atoms with Crippen LogP contribution in [0.15, 0.2) is 24.3 Å². The van der Waals surface area contributed by atoms with Crippen molar-refractivity contribution in [2.75, 3.05) is 13.1 Å². The molecule has 1 amide bonds. The first-order chi connectivity index (χ1) is 9.31. The fraction of sp³-hybridized carbons (Fsp3) is 0.533. The Bertz CT molecular complexity index is 493. The summed E-state index contributed by atoms with van der Waals surface area (Å²) in [6.07, 6.45) is 0.566. The van der Waals surface area contributed by atoms with E-state index in [1.807, 2.05) is 45.0 Å². The summed E-state index contributed by atoms with van der Waals surface area (Å²) in [6, 6.07) is 7.73. The molecule has 1 aliphatic rings. The van der Waals surface area contributed by atoms with Crippen molar-refractivity contribution in [2.45, 2.75) is 38.3 Å². The Morgan fingerprint density at radius 2 is 2.20 bits per heavy atom. The number of carbonyl (C=O) groups is 1. The molecule has 20 heavy (non-hydrogen) atoms. The second-order valence-electron chi connectivity index (χ2n) is 6.12. The highest BCUT2D eigenvalue weighted by atomic mass is 35.5. The zero-order valence-corrected chi connectivity index (χ0v) is 12.9. The van der Waals surface area contributed by atoms with Gasteiger partial charge in [-0.05, 0) is 51.4 Å². The maximum Gasteiger partial charge on any atom is 0.407 e. The highest BCUT2D eigenvalue weighted by molar-refractivity contribution is 6.30. The summed E-state index contributed by atoms with van der Waals surface area (Å²) in [5, 5.41) is 6.93. The highest BCUT2D eigenvalue weighted by Crippen LogP contribution is 2.32. The number of hydrogen-bond acceptors (Lipinski definition) is 3. The topological polar surface area (TPSA) is 50.4 Å². The Hall–Kier alpha value is -1.26. The van der Waals surface area contributed by atoms with Crippen LogP contribution in [0.1, 0.15) is 32.8 Å². The molecule has 1 atom stereocenters. The van der Waals surface area contributed by atoms with Crippen LogP contribution in [0.25, 0.3) is 0 Å². The average molecular weight is 297 g/mol. The summed E-state index contributed by atoms with van der Waals surface area (Å²) >= 11 is 6.04. The van der Waals surface area contributed by atoms with Crippen LogP contribution in [0.4, 0.5) is 4.79 Å². The minimum atomic E-state index is -0.486. The Kier molecular flexibility index (Phi) is 4.25. The van der Waals surface area contributed by atoms with E-state index in [4.69, 9.17) is 16.3 Å². The van der Waals surface area contributed by atoms with Gasteiger partial charge in [-0.25, -0.2) is 4.79 Å². The van der Waals surface area contributed by atoms with Crippen LogP contribution >= 0.6 is 11.6 Å². The Balaban J connectivity index is 2.01. The van der Waals surface area contributed by atoms with Gasteiger partial charge < -0.3 is 15.4 Å². The quantitative estimate of drug-likeness (QED) is 0.901. The lowest BCUT2D eigenvalue weighted by atomic mass is 9.81. The van der Waals surface area contributed by atoms with Crippen molar-refractivity contribution in [2.24, 2.45) is 0 Å². The molecule has 0 aliphatic carbocycles. The second-order valence-corrected chi connectivity index (χ2v) is 6.56. The molecule has 2 rings (SSSR count). The van der Waals surface area contributed by atoms with Crippen molar-refractivity contribution in [3.05, 3.63) is 34.9 Å². The lowest BCUT2D eigenvalue weighted by Gasteiger charge is -2.44. The molecule has 1 saturated heterocycles. The molecule has 1 unspecified atom stereocenters. The van der Waals surface area contributed by atoms with Gasteiger partial charge in [0.05, 0.1) is 5.54 Å². The number of rotatable bonds is 3. The van der Waals surface area contributed by atoms with Gasteiger partial charge in [0.15, 0.2) is 0 Å². The lowest BCUT2D eigenvalue weighted by Crippen LogP contribution is -2.60. The van der Waals surface area contributed by atoms with Crippen LogP contribution in [0.5, 0.6) is 0 Å². The van der Waals surface area contributed by atoms with Crippen LogP contribution in [0.3, 0.4) is 0 Å². The number of ether oxygens (including phenoxy) is 1. The summed E-state index contributed by atoms with van der Waals surface area (Å²) in [7, 11) is 0. The zero-order valence-electron chi connectivity index (χ0n) is 12.1. The Labute approximate surface area is 124 Å². The maximum absolute atomic E-state index is 11.8. The van der Waals surface area contributed by atoms with E-state index >= 15 is 0 Å². The van der Waals surface area contributed by atoms with Crippen molar-refractivity contribution in [1.29, 1.82) is 0 Å². The van der Waals surface area contributed by atoms with Crippen LogP contribution in [-0.4, -0.2) is 24.8 Å². The molecule has 1 aliphatic heterocycles. The van der Waals surface area contributed by atoms with E-state index in [0.29, 0.717) is 11.6 Å². The van der Waals surface area contributed by atoms with Crippen LogP contribution in [0, 0.1) is 0 Å². The van der Waals surface area contributed by atoms with Crippen molar-refractivity contribution < 1.29 is 9.53 Å². The van der Waals surface area contributed by atoms with Gasteiger partial charge in [0.25, 0.3) is 0 Å². The van der Waals surface area contributed by atoms with Crippen molar-refractivity contribution in [3.63, 3.8) is 0 Å².